The highest BCUT2D eigenvalue weighted by molar-refractivity contribution is 7.89. The van der Waals surface area contributed by atoms with Gasteiger partial charge in [0.15, 0.2) is 0 Å². The first-order chi connectivity index (χ1) is 9.84. The molecule has 21 heavy (non-hydrogen) atoms. The zero-order valence-electron chi connectivity index (χ0n) is 11.8. The molecule has 7 heteroatoms. The molecule has 0 saturated heterocycles. The molecule has 0 bridgehead atoms. The highest BCUT2D eigenvalue weighted by Crippen LogP contribution is 2.20. The van der Waals surface area contributed by atoms with Gasteiger partial charge in [0, 0.05) is 37.6 Å². The Labute approximate surface area is 134 Å². The number of nitrogens with zero attached hydrogens (tertiary/aromatic N) is 2. The molecule has 0 aliphatic heterocycles. The van der Waals surface area contributed by atoms with E-state index >= 15 is 0 Å². The van der Waals surface area contributed by atoms with Crippen molar-refractivity contribution in [1.82, 2.24) is 8.87 Å². The minimum absolute atomic E-state index is 0.247. The Kier molecular flexibility index (Phi) is 4.99. The van der Waals surface area contributed by atoms with Crippen molar-refractivity contribution in [1.29, 1.82) is 0 Å². The smallest absolute Gasteiger partial charge is 0.244 e. The number of hydrogen-bond acceptors (Lipinski definition) is 2. The summed E-state index contributed by atoms with van der Waals surface area (Å²) in [7, 11) is -0.212. The van der Waals surface area contributed by atoms with E-state index in [9.17, 15) is 8.42 Å². The molecule has 114 valence electrons. The van der Waals surface area contributed by atoms with Crippen LogP contribution in [0.5, 0.6) is 0 Å². The van der Waals surface area contributed by atoms with Crippen molar-refractivity contribution < 1.29 is 8.42 Å². The van der Waals surface area contributed by atoms with Crippen molar-refractivity contribution in [2.45, 2.75) is 17.3 Å². The van der Waals surface area contributed by atoms with E-state index < -0.39 is 10.0 Å². The highest BCUT2D eigenvalue weighted by Gasteiger charge is 2.23. The Balaban J connectivity index is 2.23. The summed E-state index contributed by atoms with van der Waals surface area (Å²) in [4.78, 5) is 0.247. The third-order valence-electron chi connectivity index (χ3n) is 3.25. The van der Waals surface area contributed by atoms with Crippen LogP contribution in [-0.4, -0.2) is 24.3 Å². The van der Waals surface area contributed by atoms with Gasteiger partial charge in [0.1, 0.15) is 4.90 Å². The number of aryl methyl sites for hydroxylation is 1. The summed E-state index contributed by atoms with van der Waals surface area (Å²) in [5, 5.41) is 0.624. The van der Waals surface area contributed by atoms with Crippen LogP contribution in [0.2, 0.25) is 5.02 Å². The summed E-state index contributed by atoms with van der Waals surface area (Å²) >= 11 is 11.6. The number of hydrogen-bond donors (Lipinski definition) is 0. The van der Waals surface area contributed by atoms with E-state index in [2.05, 4.69) is 0 Å². The molecular weight excluding hydrogens is 331 g/mol. The van der Waals surface area contributed by atoms with Crippen LogP contribution >= 0.6 is 23.2 Å². The summed E-state index contributed by atoms with van der Waals surface area (Å²) in [6.07, 6.45) is 1.57. The number of aromatic nitrogens is 1. The average Bonchev–Trinajstić information content (AvgIpc) is 2.83. The normalized spacial score (nSPS) is 12.0. The van der Waals surface area contributed by atoms with Crippen molar-refractivity contribution in [2.24, 2.45) is 7.05 Å². The first-order valence-corrected chi connectivity index (χ1v) is 8.62. The maximum Gasteiger partial charge on any atom is 0.244 e. The molecule has 1 aromatic heterocycles. The molecule has 0 spiro atoms. The van der Waals surface area contributed by atoms with Gasteiger partial charge in [-0.2, -0.15) is 4.31 Å². The van der Waals surface area contributed by atoms with Crippen LogP contribution in [0, 0.1) is 0 Å². The molecule has 0 aliphatic carbocycles. The van der Waals surface area contributed by atoms with Gasteiger partial charge < -0.3 is 4.57 Å². The fourth-order valence-electron chi connectivity index (χ4n) is 1.96. The SMILES string of the molecule is CN(Cc1ccc(Cl)cc1)S(=O)(=O)c1cc(CCl)n(C)c1. The summed E-state index contributed by atoms with van der Waals surface area (Å²) in [5.41, 5.74) is 1.63. The van der Waals surface area contributed by atoms with Crippen LogP contribution in [0.15, 0.2) is 41.4 Å². The maximum absolute atomic E-state index is 12.5. The molecule has 0 N–H and O–H groups in total. The first kappa shape index (κ1) is 16.4. The van der Waals surface area contributed by atoms with E-state index in [1.165, 1.54) is 4.31 Å². The summed E-state index contributed by atoms with van der Waals surface area (Å²) in [5.74, 6) is 0.271. The fourth-order valence-corrected chi connectivity index (χ4v) is 3.61. The number of rotatable bonds is 5. The fraction of sp³-hybridized carbons (Fsp3) is 0.286. The average molecular weight is 347 g/mol. The molecule has 1 aromatic carbocycles. The van der Waals surface area contributed by atoms with Gasteiger partial charge in [0.25, 0.3) is 0 Å². The minimum Gasteiger partial charge on any atom is -0.352 e. The van der Waals surface area contributed by atoms with Gasteiger partial charge in [0.2, 0.25) is 10.0 Å². The Morgan fingerprint density at radius 3 is 2.38 bits per heavy atom. The number of halogens is 2. The molecule has 0 atom stereocenters. The highest BCUT2D eigenvalue weighted by atomic mass is 35.5. The zero-order chi connectivity index (χ0) is 15.6. The van der Waals surface area contributed by atoms with Crippen LogP contribution < -0.4 is 0 Å². The van der Waals surface area contributed by atoms with Crippen molar-refractivity contribution in [3.05, 3.63) is 52.8 Å². The second-order valence-corrected chi connectivity index (χ2v) is 7.55. The van der Waals surface area contributed by atoms with Crippen molar-refractivity contribution in [2.75, 3.05) is 7.05 Å². The lowest BCUT2D eigenvalue weighted by atomic mass is 10.2. The largest absolute Gasteiger partial charge is 0.352 e. The molecule has 0 saturated carbocycles. The van der Waals surface area contributed by atoms with E-state index in [4.69, 9.17) is 23.2 Å². The second kappa shape index (κ2) is 6.40. The number of benzene rings is 1. The Morgan fingerprint density at radius 1 is 1.24 bits per heavy atom. The second-order valence-electron chi connectivity index (χ2n) is 4.80. The van der Waals surface area contributed by atoms with Crippen molar-refractivity contribution in [3.63, 3.8) is 0 Å². The number of alkyl halides is 1. The molecule has 2 rings (SSSR count). The predicted octanol–water partition coefficient (Wildman–Crippen LogP) is 3.24. The summed E-state index contributed by atoms with van der Waals surface area (Å²) in [6.45, 7) is 0.282. The molecule has 0 fully saturated rings. The van der Waals surface area contributed by atoms with Crippen molar-refractivity contribution >= 4 is 33.2 Å². The summed E-state index contributed by atoms with van der Waals surface area (Å²) in [6, 6.07) is 8.70. The number of sulfonamides is 1. The van der Waals surface area contributed by atoms with E-state index in [1.54, 1.807) is 43.1 Å². The molecule has 0 amide bonds. The molecule has 4 nitrogen and oxygen atoms in total. The van der Waals surface area contributed by atoms with Crippen molar-refractivity contribution in [3.8, 4) is 0 Å². The van der Waals surface area contributed by atoms with Crippen LogP contribution in [-0.2, 0) is 29.5 Å². The van der Waals surface area contributed by atoms with Crippen LogP contribution in [0.1, 0.15) is 11.3 Å². The Hall–Kier alpha value is -1.01. The van der Waals surface area contributed by atoms with E-state index in [0.29, 0.717) is 5.02 Å². The molecular formula is C14H16Cl2N2O2S. The maximum atomic E-state index is 12.5. The van der Waals surface area contributed by atoms with E-state index in [-0.39, 0.29) is 17.3 Å². The first-order valence-electron chi connectivity index (χ1n) is 6.26. The van der Waals surface area contributed by atoms with Gasteiger partial charge in [-0.15, -0.1) is 11.6 Å². The summed E-state index contributed by atoms with van der Waals surface area (Å²) < 4.78 is 28.1. The van der Waals surface area contributed by atoms with Crippen LogP contribution in [0.25, 0.3) is 0 Å². The van der Waals surface area contributed by atoms with Gasteiger partial charge >= 0.3 is 0 Å². The van der Waals surface area contributed by atoms with Crippen LogP contribution in [0.4, 0.5) is 0 Å². The topological polar surface area (TPSA) is 42.3 Å². The van der Waals surface area contributed by atoms with Gasteiger partial charge in [-0.3, -0.25) is 0 Å². The van der Waals surface area contributed by atoms with Gasteiger partial charge in [0.05, 0.1) is 5.88 Å². The predicted molar refractivity (Wildman–Crippen MR) is 85.1 cm³/mol. The van der Waals surface area contributed by atoms with Gasteiger partial charge in [-0.1, -0.05) is 23.7 Å². The minimum atomic E-state index is -3.54. The third kappa shape index (κ3) is 3.61. The Bertz CT molecular complexity index is 724. The van der Waals surface area contributed by atoms with Gasteiger partial charge in [-0.25, -0.2) is 8.42 Å². The monoisotopic (exact) mass is 346 g/mol. The molecule has 0 radical (unpaired) electrons. The molecule has 1 heterocycles. The third-order valence-corrected chi connectivity index (χ3v) is 5.54. The molecule has 0 aliphatic rings. The lowest BCUT2D eigenvalue weighted by molar-refractivity contribution is 0.466. The lowest BCUT2D eigenvalue weighted by Crippen LogP contribution is -2.26. The standard InChI is InChI=1S/C14H16Cl2N2O2S/c1-17-10-14(7-13(17)8-15)21(19,20)18(2)9-11-3-5-12(16)6-4-11/h3-7,10H,8-9H2,1-2H3. The lowest BCUT2D eigenvalue weighted by Gasteiger charge is -2.16. The molecule has 0 unspecified atom stereocenters. The quantitative estimate of drug-likeness (QED) is 0.780. The Morgan fingerprint density at radius 2 is 1.86 bits per heavy atom. The molecule has 2 aromatic rings. The van der Waals surface area contributed by atoms with E-state index in [1.807, 2.05) is 12.1 Å². The zero-order valence-corrected chi connectivity index (χ0v) is 14.1. The van der Waals surface area contributed by atoms with E-state index in [0.717, 1.165) is 11.3 Å². The van der Waals surface area contributed by atoms with Gasteiger partial charge in [-0.05, 0) is 23.8 Å². The van der Waals surface area contributed by atoms with Crippen LogP contribution in [0.3, 0.4) is 0 Å².